The molecule has 1 aliphatic carbocycles. The molecular formula is C21H30N4OS. The Hall–Kier alpha value is -1.92. The van der Waals surface area contributed by atoms with E-state index in [0.29, 0.717) is 12.0 Å². The number of nitrogens with zero attached hydrogens (tertiary/aromatic N) is 2. The van der Waals surface area contributed by atoms with E-state index in [-0.39, 0.29) is 0 Å². The second-order valence-electron chi connectivity index (χ2n) is 7.22. The Morgan fingerprint density at radius 3 is 2.70 bits per heavy atom. The first-order chi connectivity index (χ1) is 13.2. The zero-order valence-corrected chi connectivity index (χ0v) is 17.1. The fourth-order valence-corrected chi connectivity index (χ4v) is 4.49. The number of ether oxygens (including phenoxy) is 1. The Bertz CT molecular complexity index is 723. The van der Waals surface area contributed by atoms with Crippen LogP contribution in [0.25, 0.3) is 11.3 Å². The van der Waals surface area contributed by atoms with Crippen molar-refractivity contribution < 1.29 is 4.74 Å². The van der Waals surface area contributed by atoms with Crippen molar-refractivity contribution in [2.24, 2.45) is 10.4 Å². The standard InChI is InChI=1S/C21H30N4OS/c1-22-20(24-16-21(12-13-26-2)10-6-7-11-21)23-14-19-25-18(15-27-19)17-8-4-3-5-9-17/h3-5,8-9,15H,6-7,10-14,16H2,1-2H3,(H2,22,23,24). The van der Waals surface area contributed by atoms with E-state index >= 15 is 0 Å². The van der Waals surface area contributed by atoms with Crippen molar-refractivity contribution in [1.29, 1.82) is 0 Å². The molecule has 2 aromatic rings. The first-order valence-corrected chi connectivity index (χ1v) is 10.6. The van der Waals surface area contributed by atoms with Gasteiger partial charge < -0.3 is 15.4 Å². The monoisotopic (exact) mass is 386 g/mol. The Labute approximate surface area is 166 Å². The number of hydrogen-bond donors (Lipinski definition) is 2. The maximum Gasteiger partial charge on any atom is 0.191 e. The van der Waals surface area contributed by atoms with Crippen LogP contribution in [0, 0.1) is 5.41 Å². The van der Waals surface area contributed by atoms with Gasteiger partial charge >= 0.3 is 0 Å². The summed E-state index contributed by atoms with van der Waals surface area (Å²) >= 11 is 1.68. The summed E-state index contributed by atoms with van der Waals surface area (Å²) in [5.41, 5.74) is 2.53. The van der Waals surface area contributed by atoms with Gasteiger partial charge in [0.25, 0.3) is 0 Å². The lowest BCUT2D eigenvalue weighted by Gasteiger charge is -2.29. The third-order valence-corrected chi connectivity index (χ3v) is 6.23. The summed E-state index contributed by atoms with van der Waals surface area (Å²) in [6.07, 6.45) is 6.29. The minimum absolute atomic E-state index is 0.343. The van der Waals surface area contributed by atoms with Crippen molar-refractivity contribution in [2.75, 3.05) is 27.3 Å². The fraction of sp³-hybridized carbons (Fsp3) is 0.524. The average molecular weight is 387 g/mol. The lowest BCUT2D eigenvalue weighted by atomic mass is 9.83. The van der Waals surface area contributed by atoms with Gasteiger partial charge in [-0.3, -0.25) is 4.99 Å². The lowest BCUT2D eigenvalue weighted by molar-refractivity contribution is 0.138. The molecular weight excluding hydrogens is 356 g/mol. The molecule has 0 spiro atoms. The van der Waals surface area contributed by atoms with Gasteiger partial charge in [-0.05, 0) is 24.7 Å². The predicted octanol–water partition coefficient (Wildman–Crippen LogP) is 4.07. The van der Waals surface area contributed by atoms with Crippen molar-refractivity contribution >= 4 is 17.3 Å². The van der Waals surface area contributed by atoms with Crippen molar-refractivity contribution in [3.63, 3.8) is 0 Å². The number of hydrogen-bond acceptors (Lipinski definition) is 4. The topological polar surface area (TPSA) is 58.5 Å². The summed E-state index contributed by atoms with van der Waals surface area (Å²) in [5, 5.41) is 10.1. The van der Waals surface area contributed by atoms with Crippen LogP contribution in [0.1, 0.15) is 37.1 Å². The summed E-state index contributed by atoms with van der Waals surface area (Å²) in [6, 6.07) is 10.3. The Morgan fingerprint density at radius 2 is 2.00 bits per heavy atom. The Morgan fingerprint density at radius 1 is 1.22 bits per heavy atom. The van der Waals surface area contributed by atoms with Crippen molar-refractivity contribution in [2.45, 2.75) is 38.6 Å². The van der Waals surface area contributed by atoms with Gasteiger partial charge in [0.1, 0.15) is 5.01 Å². The van der Waals surface area contributed by atoms with Crippen LogP contribution in [0.15, 0.2) is 40.7 Å². The molecule has 5 nitrogen and oxygen atoms in total. The Balaban J connectivity index is 1.51. The van der Waals surface area contributed by atoms with E-state index < -0.39 is 0 Å². The third-order valence-electron chi connectivity index (χ3n) is 5.38. The van der Waals surface area contributed by atoms with Crippen LogP contribution < -0.4 is 10.6 Å². The molecule has 0 amide bonds. The van der Waals surface area contributed by atoms with Crippen LogP contribution in [-0.4, -0.2) is 38.3 Å². The van der Waals surface area contributed by atoms with Crippen molar-refractivity contribution in [3.8, 4) is 11.3 Å². The van der Waals surface area contributed by atoms with E-state index in [9.17, 15) is 0 Å². The number of aromatic nitrogens is 1. The minimum atomic E-state index is 0.343. The largest absolute Gasteiger partial charge is 0.385 e. The molecule has 0 atom stereocenters. The van der Waals surface area contributed by atoms with Gasteiger partial charge in [0, 0.05) is 38.3 Å². The van der Waals surface area contributed by atoms with Crippen LogP contribution >= 0.6 is 11.3 Å². The zero-order valence-electron chi connectivity index (χ0n) is 16.3. The molecule has 0 radical (unpaired) electrons. The zero-order chi connectivity index (χ0) is 19.0. The number of nitrogens with one attached hydrogen (secondary N) is 2. The SMILES string of the molecule is CN=C(NCc1nc(-c2ccccc2)cs1)NCC1(CCOC)CCCC1. The summed E-state index contributed by atoms with van der Waals surface area (Å²) in [6.45, 7) is 2.46. The quantitative estimate of drug-likeness (QED) is 0.530. The van der Waals surface area contributed by atoms with E-state index in [1.54, 1.807) is 18.4 Å². The third kappa shape index (κ3) is 5.53. The summed E-state index contributed by atoms with van der Waals surface area (Å²) in [5.74, 6) is 0.843. The second kappa shape index (κ2) is 9.85. The van der Waals surface area contributed by atoms with E-state index in [2.05, 4.69) is 33.1 Å². The first-order valence-electron chi connectivity index (χ1n) is 9.68. The first kappa shape index (κ1) is 19.8. The summed E-state index contributed by atoms with van der Waals surface area (Å²) in [4.78, 5) is 9.12. The van der Waals surface area contributed by atoms with Gasteiger partial charge in [-0.25, -0.2) is 4.98 Å². The van der Waals surface area contributed by atoms with Crippen LogP contribution in [0.4, 0.5) is 0 Å². The number of methoxy groups -OCH3 is 1. The highest BCUT2D eigenvalue weighted by Crippen LogP contribution is 2.40. The van der Waals surface area contributed by atoms with E-state index in [0.717, 1.165) is 41.8 Å². The van der Waals surface area contributed by atoms with E-state index in [1.807, 2.05) is 25.2 Å². The number of guanidine groups is 1. The number of aliphatic imine (C=N–C) groups is 1. The number of benzene rings is 1. The molecule has 3 rings (SSSR count). The van der Waals surface area contributed by atoms with E-state index in [1.165, 1.54) is 25.7 Å². The van der Waals surface area contributed by atoms with Crippen LogP contribution in [0.3, 0.4) is 0 Å². The molecule has 6 heteroatoms. The molecule has 0 aliphatic heterocycles. The second-order valence-corrected chi connectivity index (χ2v) is 8.16. The highest BCUT2D eigenvalue weighted by Gasteiger charge is 2.33. The minimum Gasteiger partial charge on any atom is -0.385 e. The molecule has 1 aromatic carbocycles. The summed E-state index contributed by atoms with van der Waals surface area (Å²) in [7, 11) is 3.61. The van der Waals surface area contributed by atoms with Gasteiger partial charge in [0.15, 0.2) is 5.96 Å². The molecule has 1 heterocycles. The maximum absolute atomic E-state index is 5.33. The van der Waals surface area contributed by atoms with E-state index in [4.69, 9.17) is 9.72 Å². The van der Waals surface area contributed by atoms with Crippen molar-refractivity contribution in [3.05, 3.63) is 40.7 Å². The molecule has 1 aliphatic rings. The molecule has 0 unspecified atom stereocenters. The van der Waals surface area contributed by atoms with Crippen LogP contribution in [0.2, 0.25) is 0 Å². The molecule has 1 aromatic heterocycles. The molecule has 2 N–H and O–H groups in total. The molecule has 0 bridgehead atoms. The van der Waals surface area contributed by atoms with Crippen molar-refractivity contribution in [1.82, 2.24) is 15.6 Å². The maximum atomic E-state index is 5.33. The highest BCUT2D eigenvalue weighted by atomic mass is 32.1. The van der Waals surface area contributed by atoms with Gasteiger partial charge in [0.2, 0.25) is 0 Å². The van der Waals surface area contributed by atoms with Gasteiger partial charge in [0.05, 0.1) is 12.2 Å². The van der Waals surface area contributed by atoms with Gasteiger partial charge in [-0.15, -0.1) is 11.3 Å². The smallest absolute Gasteiger partial charge is 0.191 e. The normalized spacial score (nSPS) is 16.4. The number of rotatable bonds is 8. The molecule has 27 heavy (non-hydrogen) atoms. The average Bonchev–Trinajstić information content (AvgIpc) is 3.37. The van der Waals surface area contributed by atoms with Crippen LogP contribution in [0.5, 0.6) is 0 Å². The Kier molecular flexibility index (Phi) is 7.24. The van der Waals surface area contributed by atoms with Crippen LogP contribution in [-0.2, 0) is 11.3 Å². The highest BCUT2D eigenvalue weighted by molar-refractivity contribution is 7.09. The predicted molar refractivity (Wildman–Crippen MR) is 113 cm³/mol. The lowest BCUT2D eigenvalue weighted by Crippen LogP contribution is -2.43. The summed E-state index contributed by atoms with van der Waals surface area (Å²) < 4.78 is 5.33. The number of thiazole rings is 1. The molecule has 1 saturated carbocycles. The van der Waals surface area contributed by atoms with Gasteiger partial charge in [-0.2, -0.15) is 0 Å². The molecule has 0 saturated heterocycles. The fourth-order valence-electron chi connectivity index (χ4n) is 3.74. The molecule has 1 fully saturated rings. The van der Waals surface area contributed by atoms with Gasteiger partial charge in [-0.1, -0.05) is 43.2 Å². The molecule has 146 valence electrons.